The highest BCUT2D eigenvalue weighted by molar-refractivity contribution is 6.05. The fourth-order valence-corrected chi connectivity index (χ4v) is 3.91. The van der Waals surface area contributed by atoms with Crippen molar-refractivity contribution in [1.29, 1.82) is 0 Å². The minimum atomic E-state index is 0.431. The Bertz CT molecular complexity index is 1050. The van der Waals surface area contributed by atoms with Crippen molar-refractivity contribution >= 4 is 28.2 Å². The molecule has 0 aliphatic heterocycles. The Kier molecular flexibility index (Phi) is 4.30. The molecule has 4 rings (SSSR count). The molecule has 0 radical (unpaired) electrons. The number of allylic oxidation sites excluding steroid dienone is 4. The van der Waals surface area contributed by atoms with Crippen molar-refractivity contribution in [2.45, 2.75) is 20.8 Å². The van der Waals surface area contributed by atoms with Gasteiger partial charge < -0.3 is 0 Å². The second-order valence-electron chi connectivity index (χ2n) is 7.02. The number of fused-ring (bicyclic) bond motifs is 1. The van der Waals surface area contributed by atoms with E-state index in [1.165, 1.54) is 38.6 Å². The molecule has 0 saturated carbocycles. The molecule has 1 heteroatoms. The maximum Gasteiger partial charge on any atom is 0.0629 e. The van der Waals surface area contributed by atoms with Crippen LogP contribution in [0.5, 0.6) is 0 Å². The Morgan fingerprint density at radius 2 is 1.58 bits per heavy atom. The molecule has 0 saturated heterocycles. The highest BCUT2D eigenvalue weighted by Crippen LogP contribution is 2.40. The number of para-hydroxylation sites is 1. The third kappa shape index (κ3) is 2.90. The summed E-state index contributed by atoms with van der Waals surface area (Å²) >= 11 is 0. The Morgan fingerprint density at radius 1 is 0.846 bits per heavy atom. The molecule has 1 nitrogen and oxygen atoms in total. The van der Waals surface area contributed by atoms with Gasteiger partial charge in [-0.25, -0.2) is 0 Å². The average molecular weight is 337 g/mol. The van der Waals surface area contributed by atoms with Crippen molar-refractivity contribution in [2.24, 2.45) is 10.9 Å². The molecule has 3 aromatic carbocycles. The summed E-state index contributed by atoms with van der Waals surface area (Å²) in [5.41, 5.74) is 7.67. The predicted molar refractivity (Wildman–Crippen MR) is 113 cm³/mol. The molecule has 0 amide bonds. The Hall–Kier alpha value is -2.93. The summed E-state index contributed by atoms with van der Waals surface area (Å²) in [6, 6.07) is 23.2. The first-order chi connectivity index (χ1) is 12.6. The summed E-state index contributed by atoms with van der Waals surface area (Å²) in [5.74, 6) is 0.431. The molecule has 128 valence electrons. The summed E-state index contributed by atoms with van der Waals surface area (Å²) in [7, 11) is 0. The van der Waals surface area contributed by atoms with Crippen LogP contribution in [0.4, 0.5) is 5.69 Å². The lowest BCUT2D eigenvalue weighted by atomic mass is 9.88. The van der Waals surface area contributed by atoms with Gasteiger partial charge in [0, 0.05) is 17.7 Å². The van der Waals surface area contributed by atoms with Gasteiger partial charge in [-0.15, -0.1) is 0 Å². The van der Waals surface area contributed by atoms with Crippen molar-refractivity contribution in [3.05, 3.63) is 95.1 Å². The van der Waals surface area contributed by atoms with Crippen molar-refractivity contribution < 1.29 is 0 Å². The van der Waals surface area contributed by atoms with Crippen LogP contribution in [0.3, 0.4) is 0 Å². The third-order valence-corrected chi connectivity index (χ3v) is 5.31. The van der Waals surface area contributed by atoms with Crippen LogP contribution in [-0.4, -0.2) is 6.21 Å². The Labute approximate surface area is 155 Å². The normalized spacial score (nSPS) is 17.3. The van der Waals surface area contributed by atoms with Gasteiger partial charge in [-0.1, -0.05) is 73.2 Å². The smallest absolute Gasteiger partial charge is 0.0629 e. The predicted octanol–water partition coefficient (Wildman–Crippen LogP) is 6.96. The summed E-state index contributed by atoms with van der Waals surface area (Å²) in [4.78, 5) is 4.76. The van der Waals surface area contributed by atoms with Crippen molar-refractivity contribution in [3.8, 4) is 0 Å². The number of hydrogen-bond donors (Lipinski definition) is 0. The maximum absolute atomic E-state index is 4.76. The van der Waals surface area contributed by atoms with Crippen LogP contribution in [0, 0.1) is 5.92 Å². The quantitative estimate of drug-likeness (QED) is 0.458. The van der Waals surface area contributed by atoms with E-state index in [9.17, 15) is 0 Å². The Balaban J connectivity index is 1.93. The minimum absolute atomic E-state index is 0.431. The van der Waals surface area contributed by atoms with E-state index in [1.54, 1.807) is 0 Å². The molecule has 3 aromatic rings. The van der Waals surface area contributed by atoms with E-state index in [0.717, 1.165) is 5.69 Å². The van der Waals surface area contributed by atoms with E-state index in [-0.39, 0.29) is 0 Å². The van der Waals surface area contributed by atoms with Crippen LogP contribution in [-0.2, 0) is 0 Å². The van der Waals surface area contributed by atoms with Gasteiger partial charge in [0.15, 0.2) is 0 Å². The molecule has 1 aliphatic carbocycles. The van der Waals surface area contributed by atoms with Gasteiger partial charge in [-0.2, -0.15) is 0 Å². The molecule has 1 aliphatic rings. The van der Waals surface area contributed by atoms with E-state index in [1.807, 2.05) is 36.5 Å². The molecule has 0 N–H and O–H groups in total. The number of hydrogen-bond acceptors (Lipinski definition) is 1. The minimum Gasteiger partial charge on any atom is -0.256 e. The van der Waals surface area contributed by atoms with Crippen LogP contribution in [0.1, 0.15) is 31.9 Å². The van der Waals surface area contributed by atoms with E-state index in [2.05, 4.69) is 63.2 Å². The first kappa shape index (κ1) is 16.5. The fraction of sp³-hybridized carbons (Fsp3) is 0.160. The van der Waals surface area contributed by atoms with E-state index in [0.29, 0.717) is 5.92 Å². The molecule has 1 unspecified atom stereocenters. The van der Waals surface area contributed by atoms with Crippen LogP contribution in [0.2, 0.25) is 0 Å². The molecule has 0 fully saturated rings. The summed E-state index contributed by atoms with van der Waals surface area (Å²) in [6.07, 6.45) is 4.39. The maximum atomic E-state index is 4.76. The number of nitrogens with zero attached hydrogens (tertiary/aromatic N) is 1. The van der Waals surface area contributed by atoms with Gasteiger partial charge in [0.1, 0.15) is 0 Å². The SMILES string of the molecule is CC1=CC(C)C(c2ccc3ccccc3c2C=Nc2ccccc2)=C1C. The van der Waals surface area contributed by atoms with Crippen LogP contribution >= 0.6 is 0 Å². The highest BCUT2D eigenvalue weighted by atomic mass is 14.7. The summed E-state index contributed by atoms with van der Waals surface area (Å²) in [5, 5.41) is 2.50. The fourth-order valence-electron chi connectivity index (χ4n) is 3.91. The van der Waals surface area contributed by atoms with Crippen molar-refractivity contribution in [1.82, 2.24) is 0 Å². The molecule has 0 spiro atoms. The van der Waals surface area contributed by atoms with Crippen LogP contribution in [0.25, 0.3) is 16.3 Å². The Morgan fingerprint density at radius 3 is 2.31 bits per heavy atom. The van der Waals surface area contributed by atoms with E-state index in [4.69, 9.17) is 4.99 Å². The number of benzene rings is 3. The van der Waals surface area contributed by atoms with E-state index >= 15 is 0 Å². The molecular formula is C25H23N. The first-order valence-corrected chi connectivity index (χ1v) is 9.16. The van der Waals surface area contributed by atoms with Gasteiger partial charge in [0.05, 0.1) is 5.69 Å². The number of aliphatic imine (C=N–C) groups is 1. The van der Waals surface area contributed by atoms with Gasteiger partial charge in [-0.05, 0) is 53.5 Å². The van der Waals surface area contributed by atoms with E-state index < -0.39 is 0 Å². The molecule has 0 bridgehead atoms. The molecule has 26 heavy (non-hydrogen) atoms. The van der Waals surface area contributed by atoms with Gasteiger partial charge in [0.2, 0.25) is 0 Å². The molecule has 0 aromatic heterocycles. The largest absolute Gasteiger partial charge is 0.256 e. The monoisotopic (exact) mass is 337 g/mol. The number of rotatable bonds is 3. The lowest BCUT2D eigenvalue weighted by Crippen LogP contribution is -2.00. The van der Waals surface area contributed by atoms with Crippen LogP contribution in [0.15, 0.2) is 88.9 Å². The zero-order valence-electron chi connectivity index (χ0n) is 15.5. The molecule has 1 atom stereocenters. The van der Waals surface area contributed by atoms with Crippen LogP contribution < -0.4 is 0 Å². The third-order valence-electron chi connectivity index (χ3n) is 5.31. The van der Waals surface area contributed by atoms with Crippen molar-refractivity contribution in [2.75, 3.05) is 0 Å². The van der Waals surface area contributed by atoms with Gasteiger partial charge in [-0.3, -0.25) is 4.99 Å². The lowest BCUT2D eigenvalue weighted by Gasteiger charge is -2.16. The first-order valence-electron chi connectivity index (χ1n) is 9.16. The van der Waals surface area contributed by atoms with Crippen molar-refractivity contribution in [3.63, 3.8) is 0 Å². The highest BCUT2D eigenvalue weighted by Gasteiger charge is 2.22. The van der Waals surface area contributed by atoms with Gasteiger partial charge >= 0.3 is 0 Å². The topological polar surface area (TPSA) is 12.4 Å². The lowest BCUT2D eigenvalue weighted by molar-refractivity contribution is 0.975. The summed E-state index contributed by atoms with van der Waals surface area (Å²) in [6.45, 7) is 6.72. The molecular weight excluding hydrogens is 314 g/mol. The zero-order valence-corrected chi connectivity index (χ0v) is 15.5. The zero-order chi connectivity index (χ0) is 18.1. The second-order valence-corrected chi connectivity index (χ2v) is 7.02. The summed E-state index contributed by atoms with van der Waals surface area (Å²) < 4.78 is 0. The second kappa shape index (κ2) is 6.76. The standard InChI is InChI=1S/C25H23N/c1-17-15-18(2)25(19(17)3)23-14-13-20-9-7-8-12-22(20)24(23)16-26-21-10-5-4-6-11-21/h4-16,18H,1-3H3. The molecule has 0 heterocycles. The average Bonchev–Trinajstić information content (AvgIpc) is 2.92. The van der Waals surface area contributed by atoms with Gasteiger partial charge in [0.25, 0.3) is 0 Å².